The number of amides is 2. The van der Waals surface area contributed by atoms with Crippen molar-refractivity contribution >= 4 is 33.2 Å². The van der Waals surface area contributed by atoms with Gasteiger partial charge in [0.25, 0.3) is 21.8 Å². The third kappa shape index (κ3) is 5.29. The minimum atomic E-state index is -4.04. The molecule has 0 fully saturated rings. The maximum absolute atomic E-state index is 13.0. The predicted molar refractivity (Wildman–Crippen MR) is 127 cm³/mol. The van der Waals surface area contributed by atoms with Crippen LogP contribution in [0.15, 0.2) is 71.6 Å². The highest BCUT2D eigenvalue weighted by molar-refractivity contribution is 7.92. The summed E-state index contributed by atoms with van der Waals surface area (Å²) in [5.74, 6) is 0.364. The Morgan fingerprint density at radius 2 is 1.85 bits per heavy atom. The van der Waals surface area contributed by atoms with Gasteiger partial charge in [-0.05, 0) is 54.4 Å². The normalized spacial score (nSPS) is 12.7. The lowest BCUT2D eigenvalue weighted by atomic mass is 10.1. The standard InChI is InChI=1S/C24H23N3O6S/c1-32-17-8-6-16(7-9-17)12-13-25-24(29)19-4-2-3-5-20(19)27-34(30,31)18-10-11-22-21(14-18)26-23(28)15-33-22/h2-11,14,27H,12-13,15H2,1H3,(H,25,29)(H,26,28). The summed E-state index contributed by atoms with van der Waals surface area (Å²) in [7, 11) is -2.44. The Labute approximate surface area is 197 Å². The highest BCUT2D eigenvalue weighted by Crippen LogP contribution is 2.31. The van der Waals surface area contributed by atoms with Crippen molar-refractivity contribution in [2.24, 2.45) is 0 Å². The highest BCUT2D eigenvalue weighted by Gasteiger charge is 2.22. The van der Waals surface area contributed by atoms with Crippen LogP contribution >= 0.6 is 0 Å². The van der Waals surface area contributed by atoms with Crippen molar-refractivity contribution in [3.05, 3.63) is 77.9 Å². The molecule has 3 N–H and O–H groups in total. The average molecular weight is 482 g/mol. The number of carbonyl (C=O) groups excluding carboxylic acids is 2. The first-order valence-electron chi connectivity index (χ1n) is 10.5. The SMILES string of the molecule is COc1ccc(CCNC(=O)c2ccccc2NS(=O)(=O)c2ccc3c(c2)NC(=O)CO3)cc1. The number of sulfonamides is 1. The molecular formula is C24H23N3O6S. The van der Waals surface area contributed by atoms with Gasteiger partial charge in [-0.15, -0.1) is 0 Å². The van der Waals surface area contributed by atoms with Crippen LogP contribution in [0.3, 0.4) is 0 Å². The van der Waals surface area contributed by atoms with E-state index in [0.29, 0.717) is 18.7 Å². The number of hydrogen-bond donors (Lipinski definition) is 3. The monoisotopic (exact) mass is 481 g/mol. The van der Waals surface area contributed by atoms with Crippen LogP contribution in [0.4, 0.5) is 11.4 Å². The molecule has 10 heteroatoms. The van der Waals surface area contributed by atoms with Crippen LogP contribution in [0.5, 0.6) is 11.5 Å². The van der Waals surface area contributed by atoms with E-state index >= 15 is 0 Å². The molecule has 0 aliphatic carbocycles. The number of para-hydroxylation sites is 1. The molecule has 0 spiro atoms. The first kappa shape index (κ1) is 23.1. The summed E-state index contributed by atoms with van der Waals surface area (Å²) in [5, 5.41) is 5.40. The summed E-state index contributed by atoms with van der Waals surface area (Å²) < 4.78 is 38.8. The van der Waals surface area contributed by atoms with E-state index in [1.54, 1.807) is 25.3 Å². The number of rotatable bonds is 8. The minimum Gasteiger partial charge on any atom is -0.497 e. The molecule has 0 saturated carbocycles. The van der Waals surface area contributed by atoms with Crippen molar-refractivity contribution in [3.8, 4) is 11.5 Å². The quantitative estimate of drug-likeness (QED) is 0.455. The molecule has 0 radical (unpaired) electrons. The molecular weight excluding hydrogens is 458 g/mol. The average Bonchev–Trinajstić information content (AvgIpc) is 2.84. The zero-order valence-electron chi connectivity index (χ0n) is 18.3. The highest BCUT2D eigenvalue weighted by atomic mass is 32.2. The summed E-state index contributed by atoms with van der Waals surface area (Å²) in [4.78, 5) is 24.3. The van der Waals surface area contributed by atoms with E-state index in [9.17, 15) is 18.0 Å². The van der Waals surface area contributed by atoms with Gasteiger partial charge in [-0.3, -0.25) is 14.3 Å². The molecule has 0 bridgehead atoms. The van der Waals surface area contributed by atoms with Gasteiger partial charge in [-0.2, -0.15) is 0 Å². The molecule has 3 aromatic rings. The third-order valence-corrected chi connectivity index (χ3v) is 6.53. The number of nitrogens with one attached hydrogen (secondary N) is 3. The molecule has 0 saturated heterocycles. The molecule has 1 aliphatic rings. The Morgan fingerprint density at radius 3 is 2.62 bits per heavy atom. The van der Waals surface area contributed by atoms with Crippen molar-refractivity contribution in [2.75, 3.05) is 30.3 Å². The van der Waals surface area contributed by atoms with Crippen LogP contribution < -0.4 is 24.8 Å². The Balaban J connectivity index is 1.45. The molecule has 34 heavy (non-hydrogen) atoms. The number of fused-ring (bicyclic) bond motifs is 1. The largest absolute Gasteiger partial charge is 0.497 e. The van der Waals surface area contributed by atoms with Gasteiger partial charge in [0.2, 0.25) is 0 Å². The van der Waals surface area contributed by atoms with Gasteiger partial charge in [-0.1, -0.05) is 24.3 Å². The zero-order valence-corrected chi connectivity index (χ0v) is 19.1. The van der Waals surface area contributed by atoms with Gasteiger partial charge in [-0.25, -0.2) is 8.42 Å². The molecule has 176 valence electrons. The van der Waals surface area contributed by atoms with E-state index in [1.165, 1.54) is 24.3 Å². The van der Waals surface area contributed by atoms with Gasteiger partial charge in [0.05, 0.1) is 28.9 Å². The van der Waals surface area contributed by atoms with E-state index in [2.05, 4.69) is 15.4 Å². The first-order valence-corrected chi connectivity index (χ1v) is 11.9. The predicted octanol–water partition coefficient (Wildman–Crippen LogP) is 2.80. The van der Waals surface area contributed by atoms with E-state index < -0.39 is 15.9 Å². The van der Waals surface area contributed by atoms with Crippen molar-refractivity contribution in [3.63, 3.8) is 0 Å². The lowest BCUT2D eigenvalue weighted by Crippen LogP contribution is -2.27. The maximum Gasteiger partial charge on any atom is 0.262 e. The van der Waals surface area contributed by atoms with E-state index in [4.69, 9.17) is 9.47 Å². The fourth-order valence-corrected chi connectivity index (χ4v) is 4.52. The Bertz CT molecular complexity index is 1320. The fourth-order valence-electron chi connectivity index (χ4n) is 3.41. The van der Waals surface area contributed by atoms with Crippen LogP contribution in [0, 0.1) is 0 Å². The smallest absolute Gasteiger partial charge is 0.262 e. The molecule has 3 aromatic carbocycles. The number of anilines is 2. The number of methoxy groups -OCH3 is 1. The summed E-state index contributed by atoms with van der Waals surface area (Å²) in [6, 6.07) is 18.0. The number of benzene rings is 3. The summed E-state index contributed by atoms with van der Waals surface area (Å²) in [5.41, 5.74) is 1.63. The van der Waals surface area contributed by atoms with Crippen LogP contribution in [0.25, 0.3) is 0 Å². The van der Waals surface area contributed by atoms with Crippen LogP contribution in [-0.4, -0.2) is 40.5 Å². The molecule has 1 aliphatic heterocycles. The molecule has 9 nitrogen and oxygen atoms in total. The second kappa shape index (κ2) is 9.84. The number of carbonyl (C=O) groups is 2. The summed E-state index contributed by atoms with van der Waals surface area (Å²) >= 11 is 0. The van der Waals surface area contributed by atoms with Gasteiger partial charge in [0.15, 0.2) is 6.61 Å². The zero-order chi connectivity index (χ0) is 24.1. The lowest BCUT2D eigenvalue weighted by Gasteiger charge is -2.19. The van der Waals surface area contributed by atoms with Crippen molar-refractivity contribution in [1.29, 1.82) is 0 Å². The summed E-state index contributed by atoms with van der Waals surface area (Å²) in [6.07, 6.45) is 0.604. The third-order valence-electron chi connectivity index (χ3n) is 5.17. The van der Waals surface area contributed by atoms with Crippen molar-refractivity contribution in [2.45, 2.75) is 11.3 Å². The fraction of sp³-hybridized carbons (Fsp3) is 0.167. The first-order chi connectivity index (χ1) is 16.4. The number of ether oxygens (including phenoxy) is 2. The maximum atomic E-state index is 13.0. The molecule has 1 heterocycles. The second-order valence-electron chi connectivity index (χ2n) is 7.50. The van der Waals surface area contributed by atoms with Gasteiger partial charge >= 0.3 is 0 Å². The summed E-state index contributed by atoms with van der Waals surface area (Å²) in [6.45, 7) is 0.245. The molecule has 0 unspecified atom stereocenters. The Hall–Kier alpha value is -4.05. The topological polar surface area (TPSA) is 123 Å². The van der Waals surface area contributed by atoms with Crippen molar-refractivity contribution < 1.29 is 27.5 Å². The molecule has 4 rings (SSSR count). The second-order valence-corrected chi connectivity index (χ2v) is 9.18. The van der Waals surface area contributed by atoms with Crippen molar-refractivity contribution in [1.82, 2.24) is 5.32 Å². The van der Waals surface area contributed by atoms with E-state index in [-0.39, 0.29) is 34.3 Å². The van der Waals surface area contributed by atoms with Gasteiger partial charge < -0.3 is 20.1 Å². The van der Waals surface area contributed by atoms with Crippen LogP contribution in [0.1, 0.15) is 15.9 Å². The number of hydrogen-bond acceptors (Lipinski definition) is 6. The van der Waals surface area contributed by atoms with Crippen LogP contribution in [0.2, 0.25) is 0 Å². The Morgan fingerprint density at radius 1 is 1.09 bits per heavy atom. The molecule has 0 aromatic heterocycles. The van der Waals surface area contributed by atoms with Gasteiger partial charge in [0.1, 0.15) is 11.5 Å². The molecule has 2 amide bonds. The molecule has 0 atom stereocenters. The van der Waals surface area contributed by atoms with Gasteiger partial charge in [0, 0.05) is 6.54 Å². The van der Waals surface area contributed by atoms with E-state index in [1.807, 2.05) is 24.3 Å². The Kier molecular flexibility index (Phi) is 6.69. The minimum absolute atomic E-state index is 0.0771. The van der Waals surface area contributed by atoms with Crippen LogP contribution in [-0.2, 0) is 21.2 Å². The lowest BCUT2D eigenvalue weighted by molar-refractivity contribution is -0.118. The van der Waals surface area contributed by atoms with E-state index in [0.717, 1.165) is 11.3 Å².